The number of halogens is 6. The van der Waals surface area contributed by atoms with Gasteiger partial charge in [0.05, 0.1) is 13.3 Å². The molecule has 0 fully saturated rings. The minimum Gasteiger partial charge on any atom is -0.497 e. The third-order valence-corrected chi connectivity index (χ3v) is 8.54. The van der Waals surface area contributed by atoms with Gasteiger partial charge in [0.2, 0.25) is 17.5 Å². The number of unbranched alkanes of at least 4 members (excludes halogenated alkanes) is 1. The summed E-state index contributed by atoms with van der Waals surface area (Å²) in [6.07, 6.45) is -2.90. The second-order valence-electron chi connectivity index (χ2n) is 12.3. The van der Waals surface area contributed by atoms with E-state index in [4.69, 9.17) is 16.3 Å². The molecule has 2 aromatic carbocycles. The average molecular weight is 753 g/mol. The van der Waals surface area contributed by atoms with Gasteiger partial charge in [-0.05, 0) is 48.6 Å². The number of hydrogen-bond donors (Lipinski definition) is 2. The summed E-state index contributed by atoms with van der Waals surface area (Å²) in [4.78, 5) is 72.8. The Labute approximate surface area is 301 Å². The lowest BCUT2D eigenvalue weighted by molar-refractivity contribution is -0.177. The third kappa shape index (κ3) is 11.6. The average Bonchev–Trinajstić information content (AvgIpc) is 3.11. The highest BCUT2D eigenvalue weighted by molar-refractivity contribution is 6.30. The monoisotopic (exact) mass is 752 g/mol. The van der Waals surface area contributed by atoms with Crippen LogP contribution in [-0.2, 0) is 25.1 Å². The Kier molecular flexibility index (Phi) is 14.9. The SMILES string of the molecule is COc1ccc([C@H](NC(=O)[C@H](CCCCNC(=O)c2cnccn2)CC(=O)C(F)(F)c2cccc(Cl)c2)C(=O)C[C@H](C(=O)C(F)(F)F)C(C)C)cc1. The van der Waals surface area contributed by atoms with Crippen molar-refractivity contribution in [3.63, 3.8) is 0 Å². The first-order chi connectivity index (χ1) is 24.4. The summed E-state index contributed by atoms with van der Waals surface area (Å²) in [5.74, 6) is -14.0. The number of ketones is 3. The molecule has 3 aromatic rings. The van der Waals surface area contributed by atoms with Gasteiger partial charge in [-0.15, -0.1) is 0 Å². The van der Waals surface area contributed by atoms with E-state index >= 15 is 8.78 Å². The Hall–Kier alpha value is -4.79. The lowest BCUT2D eigenvalue weighted by Gasteiger charge is -2.26. The molecule has 52 heavy (non-hydrogen) atoms. The van der Waals surface area contributed by atoms with Crippen LogP contribution >= 0.6 is 11.6 Å². The summed E-state index contributed by atoms with van der Waals surface area (Å²) >= 11 is 5.87. The number of Topliss-reactive ketones (excluding diaryl/α,β-unsaturated/α-hetero) is 3. The van der Waals surface area contributed by atoms with Gasteiger partial charge in [0, 0.05) is 54.2 Å². The van der Waals surface area contributed by atoms with Crippen LogP contribution in [0, 0.1) is 17.8 Å². The Morgan fingerprint density at radius 2 is 1.62 bits per heavy atom. The van der Waals surface area contributed by atoms with Crippen molar-refractivity contribution in [1.29, 1.82) is 0 Å². The fraction of sp³-hybridized carbons (Fsp3) is 0.417. The van der Waals surface area contributed by atoms with Gasteiger partial charge in [0.15, 0.2) is 5.78 Å². The second-order valence-corrected chi connectivity index (χ2v) is 12.8. The Balaban J connectivity index is 1.88. The zero-order chi connectivity index (χ0) is 38.6. The van der Waals surface area contributed by atoms with E-state index in [1.165, 1.54) is 75.9 Å². The van der Waals surface area contributed by atoms with E-state index in [1.54, 1.807) is 0 Å². The van der Waals surface area contributed by atoms with Crippen LogP contribution < -0.4 is 15.4 Å². The Morgan fingerprint density at radius 3 is 2.19 bits per heavy atom. The number of methoxy groups -OCH3 is 1. The zero-order valence-corrected chi connectivity index (χ0v) is 29.3. The Bertz CT molecular complexity index is 1710. The molecular weight excluding hydrogens is 715 g/mol. The first-order valence-corrected chi connectivity index (χ1v) is 16.6. The van der Waals surface area contributed by atoms with Gasteiger partial charge in [0.1, 0.15) is 17.5 Å². The number of aromatic nitrogens is 2. The van der Waals surface area contributed by atoms with Crippen LogP contribution in [0.25, 0.3) is 0 Å². The first-order valence-electron chi connectivity index (χ1n) is 16.2. The van der Waals surface area contributed by atoms with Crippen molar-refractivity contribution in [2.45, 2.75) is 64.1 Å². The van der Waals surface area contributed by atoms with Crippen LogP contribution in [0.15, 0.2) is 67.1 Å². The number of rotatable bonds is 19. The summed E-state index contributed by atoms with van der Waals surface area (Å²) in [5, 5.41) is 5.02. The molecule has 3 atom stereocenters. The normalized spacial score (nSPS) is 13.5. The van der Waals surface area contributed by atoms with Gasteiger partial charge in [-0.2, -0.15) is 22.0 Å². The maximum absolute atomic E-state index is 15.4. The molecule has 0 bridgehead atoms. The molecule has 1 aromatic heterocycles. The third-order valence-electron chi connectivity index (χ3n) is 8.30. The molecule has 1 heterocycles. The molecule has 16 heteroatoms. The van der Waals surface area contributed by atoms with Crippen LogP contribution in [0.2, 0.25) is 5.02 Å². The zero-order valence-electron chi connectivity index (χ0n) is 28.5. The van der Waals surface area contributed by atoms with Crippen LogP contribution in [0.3, 0.4) is 0 Å². The molecule has 0 radical (unpaired) electrons. The van der Waals surface area contributed by atoms with Gasteiger partial charge in [-0.25, -0.2) is 4.98 Å². The molecular formula is C36H38ClF5N4O6. The topological polar surface area (TPSA) is 144 Å². The maximum atomic E-state index is 15.4. The van der Waals surface area contributed by atoms with Crippen LogP contribution in [-0.4, -0.2) is 59.0 Å². The first kappa shape index (κ1) is 41.6. The quantitative estimate of drug-likeness (QED) is 0.103. The smallest absolute Gasteiger partial charge is 0.450 e. The summed E-state index contributed by atoms with van der Waals surface area (Å²) in [6, 6.07) is 8.51. The lowest BCUT2D eigenvalue weighted by atomic mass is 9.84. The van der Waals surface area contributed by atoms with E-state index in [0.717, 1.165) is 12.1 Å². The molecule has 0 spiro atoms. The molecule has 10 nitrogen and oxygen atoms in total. The lowest BCUT2D eigenvalue weighted by Crippen LogP contribution is -2.42. The van der Waals surface area contributed by atoms with Gasteiger partial charge >= 0.3 is 12.1 Å². The maximum Gasteiger partial charge on any atom is 0.450 e. The highest BCUT2D eigenvalue weighted by atomic mass is 35.5. The fourth-order valence-electron chi connectivity index (χ4n) is 5.33. The summed E-state index contributed by atoms with van der Waals surface area (Å²) in [7, 11) is 1.37. The predicted molar refractivity (Wildman–Crippen MR) is 180 cm³/mol. The molecule has 0 aliphatic heterocycles. The number of hydrogen-bond acceptors (Lipinski definition) is 8. The van der Waals surface area contributed by atoms with Crippen LogP contribution in [0.4, 0.5) is 22.0 Å². The van der Waals surface area contributed by atoms with Crippen LogP contribution in [0.5, 0.6) is 5.75 Å². The van der Waals surface area contributed by atoms with Gasteiger partial charge in [-0.3, -0.25) is 29.0 Å². The van der Waals surface area contributed by atoms with Crippen molar-refractivity contribution in [2.24, 2.45) is 17.8 Å². The van der Waals surface area contributed by atoms with Crippen molar-refractivity contribution >= 4 is 40.8 Å². The van der Waals surface area contributed by atoms with Crippen LogP contribution in [0.1, 0.15) is 73.6 Å². The number of alkyl halides is 5. The molecule has 0 aliphatic rings. The number of nitrogens with one attached hydrogen (secondary N) is 2. The molecule has 0 saturated heterocycles. The standard InChI is InChI=1S/C36H38ClF5N4O6/c1-21(2)27(32(49)36(40,41)42)19-29(47)31(22-10-12-26(52-3)13-11-22)46-33(50)23(7-4-5-14-45-34(51)28-20-43-15-16-44-28)17-30(48)35(38,39)24-8-6-9-25(37)18-24/h6,8-13,15-16,18,20-21,23,27,31H,4-5,7,14,17,19H2,1-3H3,(H,45,51)(H,46,50)/t23-,27+,31+/m1/s1. The van der Waals surface area contributed by atoms with Crippen molar-refractivity contribution < 1.29 is 50.7 Å². The molecule has 3 rings (SSSR count). The molecule has 0 aliphatic carbocycles. The molecule has 2 amide bonds. The van der Waals surface area contributed by atoms with E-state index in [2.05, 4.69) is 20.6 Å². The van der Waals surface area contributed by atoms with Gasteiger partial charge in [0.25, 0.3) is 5.91 Å². The molecule has 0 unspecified atom stereocenters. The predicted octanol–water partition coefficient (Wildman–Crippen LogP) is 6.63. The minimum absolute atomic E-state index is 0.0487. The van der Waals surface area contributed by atoms with Crippen molar-refractivity contribution in [3.8, 4) is 5.75 Å². The highest BCUT2D eigenvalue weighted by Crippen LogP contribution is 2.34. The number of nitrogens with zero attached hydrogens (tertiary/aromatic N) is 2. The summed E-state index contributed by atoms with van der Waals surface area (Å²) in [6.45, 7) is 2.78. The number of carbonyl (C=O) groups is 5. The number of benzene rings is 2. The second kappa shape index (κ2) is 18.6. The van der Waals surface area contributed by atoms with Crippen molar-refractivity contribution in [3.05, 3.63) is 89.0 Å². The molecule has 2 N–H and O–H groups in total. The minimum atomic E-state index is -5.22. The fourth-order valence-corrected chi connectivity index (χ4v) is 5.52. The number of carbonyl (C=O) groups excluding carboxylic acids is 5. The highest BCUT2D eigenvalue weighted by Gasteiger charge is 2.46. The van der Waals surface area contributed by atoms with E-state index < -0.39 is 83.5 Å². The van der Waals surface area contributed by atoms with E-state index in [1.807, 2.05) is 0 Å². The Morgan fingerprint density at radius 1 is 0.923 bits per heavy atom. The molecule has 0 saturated carbocycles. The largest absolute Gasteiger partial charge is 0.497 e. The van der Waals surface area contributed by atoms with E-state index in [0.29, 0.717) is 5.75 Å². The molecule has 280 valence electrons. The summed E-state index contributed by atoms with van der Waals surface area (Å²) in [5.41, 5.74) is -0.530. The van der Waals surface area contributed by atoms with Gasteiger partial charge < -0.3 is 15.4 Å². The van der Waals surface area contributed by atoms with Crippen molar-refractivity contribution in [1.82, 2.24) is 20.6 Å². The van der Waals surface area contributed by atoms with E-state index in [-0.39, 0.29) is 42.1 Å². The van der Waals surface area contributed by atoms with Crippen molar-refractivity contribution in [2.75, 3.05) is 13.7 Å². The van der Waals surface area contributed by atoms with Gasteiger partial charge in [-0.1, -0.05) is 56.1 Å². The van der Waals surface area contributed by atoms with E-state index in [9.17, 15) is 37.1 Å². The summed E-state index contributed by atoms with van der Waals surface area (Å²) < 4.78 is 76.2. The number of ether oxygens (including phenoxy) is 1. The number of amides is 2.